The van der Waals surface area contributed by atoms with Crippen LogP contribution in [0.1, 0.15) is 36.9 Å². The van der Waals surface area contributed by atoms with Crippen LogP contribution in [0.3, 0.4) is 0 Å². The Hall–Kier alpha value is -3.16. The number of aryl methyl sites for hydroxylation is 1. The maximum atomic E-state index is 12.7. The van der Waals surface area contributed by atoms with Gasteiger partial charge >= 0.3 is 6.03 Å². The summed E-state index contributed by atoms with van der Waals surface area (Å²) in [5, 5.41) is 11.9. The maximum Gasteiger partial charge on any atom is 0.317 e. The fraction of sp³-hybridized carbons (Fsp3) is 0.429. The number of hydrogen-bond acceptors (Lipinski definition) is 5. The number of hydrogen-bond donors (Lipinski definition) is 1. The van der Waals surface area contributed by atoms with Gasteiger partial charge in [-0.05, 0) is 12.8 Å². The number of amides is 2. The van der Waals surface area contributed by atoms with E-state index in [1.54, 1.807) is 0 Å². The number of carbonyl (C=O) groups excluding carboxylic acids is 1. The zero-order chi connectivity index (χ0) is 19.8. The molecule has 29 heavy (non-hydrogen) atoms. The van der Waals surface area contributed by atoms with Gasteiger partial charge in [0.25, 0.3) is 5.89 Å². The second-order valence-corrected chi connectivity index (χ2v) is 7.79. The number of carbonyl (C=O) groups is 1. The summed E-state index contributed by atoms with van der Waals surface area (Å²) < 4.78 is 7.40. The molecule has 1 aliphatic carbocycles. The van der Waals surface area contributed by atoms with Gasteiger partial charge in [-0.3, -0.25) is 4.68 Å². The topological polar surface area (TPSA) is 89.1 Å². The molecule has 0 spiro atoms. The van der Waals surface area contributed by atoms with Crippen molar-refractivity contribution in [2.24, 2.45) is 7.05 Å². The van der Waals surface area contributed by atoms with Crippen LogP contribution in [0.15, 0.2) is 34.9 Å². The lowest BCUT2D eigenvalue weighted by Crippen LogP contribution is -2.46. The third kappa shape index (κ3) is 3.39. The summed E-state index contributed by atoms with van der Waals surface area (Å²) in [4.78, 5) is 19.2. The number of benzene rings is 1. The van der Waals surface area contributed by atoms with Crippen molar-refractivity contribution in [3.8, 4) is 23.0 Å². The molecule has 1 aliphatic heterocycles. The van der Waals surface area contributed by atoms with Crippen LogP contribution in [0, 0.1) is 0 Å². The molecule has 8 nitrogen and oxygen atoms in total. The zero-order valence-corrected chi connectivity index (χ0v) is 16.5. The number of fused-ring (bicyclic) bond motifs is 1. The predicted molar refractivity (Wildman–Crippen MR) is 107 cm³/mol. The van der Waals surface area contributed by atoms with Crippen molar-refractivity contribution in [1.82, 2.24) is 30.1 Å². The lowest BCUT2D eigenvalue weighted by Gasteiger charge is -2.29. The average molecular weight is 392 g/mol. The third-order valence-corrected chi connectivity index (χ3v) is 5.87. The first kappa shape index (κ1) is 17.9. The molecule has 1 saturated carbocycles. The Morgan fingerprint density at radius 2 is 2.00 bits per heavy atom. The van der Waals surface area contributed by atoms with Gasteiger partial charge in [0, 0.05) is 42.9 Å². The van der Waals surface area contributed by atoms with Crippen molar-refractivity contribution < 1.29 is 9.32 Å². The summed E-state index contributed by atoms with van der Waals surface area (Å²) in [5.41, 5.74) is 3.66. The largest absolute Gasteiger partial charge is 0.335 e. The van der Waals surface area contributed by atoms with Crippen LogP contribution in [0.4, 0.5) is 4.79 Å². The molecular formula is C21H24N6O2. The molecule has 0 bridgehead atoms. The zero-order valence-electron chi connectivity index (χ0n) is 16.5. The molecule has 0 saturated heterocycles. The quantitative estimate of drug-likeness (QED) is 0.740. The summed E-state index contributed by atoms with van der Waals surface area (Å²) in [6.45, 7) is 1.18. The minimum Gasteiger partial charge on any atom is -0.335 e. The standard InChI is InChI=1S/C21H24N6O2/c1-26-17-11-12-27(21(28)22-15-9-5-6-10-15)13-16(17)18(24-26)20-23-19(25-29-20)14-7-3-2-4-8-14/h2-4,7-8,15H,5-6,9-13H2,1H3,(H,22,28). The SMILES string of the molecule is Cn1nc(-c2nc(-c3ccccc3)no2)c2c1CCN(C(=O)NC1CCCC1)C2. The molecule has 0 radical (unpaired) electrons. The van der Waals surface area contributed by atoms with E-state index in [-0.39, 0.29) is 6.03 Å². The Balaban J connectivity index is 1.40. The van der Waals surface area contributed by atoms with Gasteiger partial charge in [0.1, 0.15) is 0 Å². The van der Waals surface area contributed by atoms with Gasteiger partial charge in [0.15, 0.2) is 5.69 Å². The first-order valence-electron chi connectivity index (χ1n) is 10.2. The minimum absolute atomic E-state index is 0.00727. The molecule has 2 aliphatic rings. The van der Waals surface area contributed by atoms with Crippen molar-refractivity contribution >= 4 is 6.03 Å². The molecule has 0 unspecified atom stereocenters. The highest BCUT2D eigenvalue weighted by Gasteiger charge is 2.30. The van der Waals surface area contributed by atoms with Crippen LogP contribution in [0.5, 0.6) is 0 Å². The van der Waals surface area contributed by atoms with Crippen LogP contribution < -0.4 is 5.32 Å². The molecule has 1 fully saturated rings. The number of nitrogens with one attached hydrogen (secondary N) is 1. The van der Waals surface area contributed by atoms with Gasteiger partial charge in [-0.15, -0.1) is 0 Å². The monoisotopic (exact) mass is 392 g/mol. The van der Waals surface area contributed by atoms with Crippen LogP contribution in [-0.4, -0.2) is 43.4 Å². The van der Waals surface area contributed by atoms with E-state index in [9.17, 15) is 4.79 Å². The van der Waals surface area contributed by atoms with Crippen LogP contribution in [0.25, 0.3) is 23.0 Å². The van der Waals surface area contributed by atoms with Crippen LogP contribution in [-0.2, 0) is 20.0 Å². The highest BCUT2D eigenvalue weighted by Crippen LogP contribution is 2.30. The molecule has 8 heteroatoms. The van der Waals surface area contributed by atoms with Gasteiger partial charge in [0.05, 0.1) is 6.54 Å². The summed E-state index contributed by atoms with van der Waals surface area (Å²) in [7, 11) is 1.92. The van der Waals surface area contributed by atoms with E-state index in [1.165, 1.54) is 12.8 Å². The number of urea groups is 1. The van der Waals surface area contributed by atoms with Gasteiger partial charge in [0.2, 0.25) is 5.82 Å². The summed E-state index contributed by atoms with van der Waals surface area (Å²) in [6, 6.07) is 10.0. The van der Waals surface area contributed by atoms with E-state index < -0.39 is 0 Å². The first-order chi connectivity index (χ1) is 14.2. The summed E-state index contributed by atoms with van der Waals surface area (Å²) >= 11 is 0. The molecular weight excluding hydrogens is 368 g/mol. The second kappa shape index (κ2) is 7.35. The maximum absolute atomic E-state index is 12.7. The fourth-order valence-electron chi connectivity index (χ4n) is 4.30. The minimum atomic E-state index is 0.00727. The third-order valence-electron chi connectivity index (χ3n) is 5.87. The number of aromatic nitrogens is 4. The fourth-order valence-corrected chi connectivity index (χ4v) is 4.30. The second-order valence-electron chi connectivity index (χ2n) is 7.79. The molecule has 150 valence electrons. The van der Waals surface area contributed by atoms with E-state index in [0.717, 1.165) is 36.1 Å². The van der Waals surface area contributed by atoms with Crippen LogP contribution in [0.2, 0.25) is 0 Å². The summed E-state index contributed by atoms with van der Waals surface area (Å²) in [6.07, 6.45) is 5.31. The lowest BCUT2D eigenvalue weighted by molar-refractivity contribution is 0.188. The first-order valence-corrected chi connectivity index (χ1v) is 10.2. The normalized spacial score (nSPS) is 16.8. The molecule has 1 N–H and O–H groups in total. The Morgan fingerprint density at radius 3 is 2.79 bits per heavy atom. The van der Waals surface area contributed by atoms with E-state index in [1.807, 2.05) is 47.0 Å². The smallest absolute Gasteiger partial charge is 0.317 e. The van der Waals surface area contributed by atoms with Crippen LogP contribution >= 0.6 is 0 Å². The molecule has 1 aromatic carbocycles. The van der Waals surface area contributed by atoms with Gasteiger partial charge < -0.3 is 14.7 Å². The van der Waals surface area contributed by atoms with Crippen molar-refractivity contribution in [3.63, 3.8) is 0 Å². The Kier molecular flexibility index (Phi) is 4.54. The molecule has 3 aromatic rings. The Bertz CT molecular complexity index is 1020. The molecule has 3 heterocycles. The molecule has 2 aromatic heterocycles. The summed E-state index contributed by atoms with van der Waals surface area (Å²) in [5.74, 6) is 0.922. The predicted octanol–water partition coefficient (Wildman–Crippen LogP) is 3.15. The molecule has 5 rings (SSSR count). The van der Waals surface area contributed by atoms with Crippen molar-refractivity contribution in [1.29, 1.82) is 0 Å². The van der Waals surface area contributed by atoms with Gasteiger partial charge in [-0.2, -0.15) is 10.1 Å². The van der Waals surface area contributed by atoms with E-state index in [4.69, 9.17) is 4.52 Å². The van der Waals surface area contributed by atoms with Crippen molar-refractivity contribution in [2.75, 3.05) is 6.54 Å². The number of rotatable bonds is 3. The van der Waals surface area contributed by atoms with Crippen molar-refractivity contribution in [2.45, 2.75) is 44.7 Å². The Morgan fingerprint density at radius 1 is 1.21 bits per heavy atom. The molecule has 0 atom stereocenters. The van der Waals surface area contributed by atoms with E-state index in [2.05, 4.69) is 20.6 Å². The van der Waals surface area contributed by atoms with Gasteiger partial charge in [-0.1, -0.05) is 48.3 Å². The van der Waals surface area contributed by atoms with Gasteiger partial charge in [-0.25, -0.2) is 4.79 Å². The highest BCUT2D eigenvalue weighted by molar-refractivity contribution is 5.75. The Labute approximate surface area is 168 Å². The number of nitrogens with zero attached hydrogens (tertiary/aromatic N) is 5. The molecule has 2 amide bonds. The van der Waals surface area contributed by atoms with Crippen molar-refractivity contribution in [3.05, 3.63) is 41.6 Å². The van der Waals surface area contributed by atoms with E-state index in [0.29, 0.717) is 36.5 Å². The van der Waals surface area contributed by atoms with E-state index >= 15 is 0 Å². The highest BCUT2D eigenvalue weighted by atomic mass is 16.5. The lowest BCUT2D eigenvalue weighted by atomic mass is 10.1. The average Bonchev–Trinajstić information content (AvgIpc) is 3.49.